The van der Waals surface area contributed by atoms with E-state index in [0.717, 1.165) is 16.0 Å². The van der Waals surface area contributed by atoms with Crippen LogP contribution < -0.4 is 9.64 Å². The lowest BCUT2D eigenvalue weighted by molar-refractivity contribution is 0.0277. The van der Waals surface area contributed by atoms with Gasteiger partial charge in [0.15, 0.2) is 6.10 Å². The van der Waals surface area contributed by atoms with E-state index < -0.39 is 29.7 Å². The highest BCUT2D eigenvalue weighted by Gasteiger charge is 2.38. The normalized spacial score (nSPS) is 13.2. The summed E-state index contributed by atoms with van der Waals surface area (Å²) in [6, 6.07) is 23.0. The SMILES string of the molecule is COc1cc(N2C(=O)c3ccccc3C2=O)c(Cl)cc1C(=O)O[C@@H](C(=O)c1ccc(C)c(C)c1)c1ccccc1. The highest BCUT2D eigenvalue weighted by Crippen LogP contribution is 2.38. The van der Waals surface area contributed by atoms with Crippen LogP contribution in [-0.4, -0.2) is 30.7 Å². The van der Waals surface area contributed by atoms with Crippen LogP contribution >= 0.6 is 11.6 Å². The van der Waals surface area contributed by atoms with Crippen LogP contribution in [-0.2, 0) is 4.74 Å². The zero-order valence-electron chi connectivity index (χ0n) is 21.9. The zero-order chi connectivity index (χ0) is 28.6. The largest absolute Gasteiger partial charge is 0.496 e. The number of halogens is 1. The molecule has 0 saturated carbocycles. The Labute approximate surface area is 235 Å². The van der Waals surface area contributed by atoms with E-state index in [-0.39, 0.29) is 33.1 Å². The third kappa shape index (κ3) is 4.76. The predicted octanol–water partition coefficient (Wildman–Crippen LogP) is 6.55. The average molecular weight is 554 g/mol. The van der Waals surface area contributed by atoms with Crippen LogP contribution in [0.1, 0.15) is 64.2 Å². The first-order valence-corrected chi connectivity index (χ1v) is 12.8. The molecule has 0 fully saturated rings. The maximum absolute atomic E-state index is 13.6. The van der Waals surface area contributed by atoms with Crippen LogP contribution in [0.3, 0.4) is 0 Å². The van der Waals surface area contributed by atoms with Crippen molar-refractivity contribution in [1.82, 2.24) is 0 Å². The zero-order valence-corrected chi connectivity index (χ0v) is 22.7. The van der Waals surface area contributed by atoms with Gasteiger partial charge in [-0.3, -0.25) is 14.4 Å². The molecule has 0 N–H and O–H groups in total. The van der Waals surface area contributed by atoms with Crippen molar-refractivity contribution in [3.05, 3.63) is 129 Å². The summed E-state index contributed by atoms with van der Waals surface area (Å²) in [5.74, 6) is -2.31. The molecule has 0 bridgehead atoms. The lowest BCUT2D eigenvalue weighted by Crippen LogP contribution is -2.30. The molecule has 7 nitrogen and oxygen atoms in total. The van der Waals surface area contributed by atoms with E-state index in [4.69, 9.17) is 21.1 Å². The second-order valence-corrected chi connectivity index (χ2v) is 9.76. The summed E-state index contributed by atoms with van der Waals surface area (Å²) in [6.45, 7) is 3.85. The van der Waals surface area contributed by atoms with Crippen molar-refractivity contribution < 1.29 is 28.7 Å². The van der Waals surface area contributed by atoms with E-state index in [9.17, 15) is 19.2 Å². The number of fused-ring (bicyclic) bond motifs is 1. The number of carbonyl (C=O) groups is 4. The van der Waals surface area contributed by atoms with Crippen LogP contribution in [0.15, 0.2) is 84.9 Å². The van der Waals surface area contributed by atoms with Gasteiger partial charge in [-0.25, -0.2) is 9.69 Å². The van der Waals surface area contributed by atoms with Crippen molar-refractivity contribution in [2.45, 2.75) is 20.0 Å². The number of amides is 2. The van der Waals surface area contributed by atoms with Crippen LogP contribution in [0.5, 0.6) is 5.75 Å². The summed E-state index contributed by atoms with van der Waals surface area (Å²) in [4.78, 5) is 54.1. The number of Topliss-reactive ketones (excluding diaryl/α,β-unsaturated/α-hetero) is 1. The number of anilines is 1. The molecule has 0 unspecified atom stereocenters. The minimum Gasteiger partial charge on any atom is -0.496 e. The van der Waals surface area contributed by atoms with Gasteiger partial charge in [-0.15, -0.1) is 0 Å². The van der Waals surface area contributed by atoms with E-state index in [2.05, 4.69) is 0 Å². The fourth-order valence-electron chi connectivity index (χ4n) is 4.57. The topological polar surface area (TPSA) is 90.0 Å². The molecule has 4 aromatic rings. The Balaban J connectivity index is 1.50. The van der Waals surface area contributed by atoms with Gasteiger partial charge in [0.1, 0.15) is 11.3 Å². The second-order valence-electron chi connectivity index (χ2n) is 9.35. The lowest BCUT2D eigenvalue weighted by Gasteiger charge is -2.21. The van der Waals surface area contributed by atoms with Gasteiger partial charge in [0.05, 0.1) is 28.9 Å². The first-order valence-electron chi connectivity index (χ1n) is 12.4. The van der Waals surface area contributed by atoms with Gasteiger partial charge in [-0.05, 0) is 49.2 Å². The Morgan fingerprint density at radius 1 is 0.800 bits per heavy atom. The number of benzene rings is 4. The van der Waals surface area contributed by atoms with E-state index in [1.54, 1.807) is 66.7 Å². The van der Waals surface area contributed by atoms with Crippen LogP contribution in [0.4, 0.5) is 5.69 Å². The number of carbonyl (C=O) groups excluding carboxylic acids is 4. The fourth-order valence-corrected chi connectivity index (χ4v) is 4.82. The molecule has 0 aliphatic carbocycles. The number of imide groups is 1. The first kappa shape index (κ1) is 26.8. The van der Waals surface area contributed by atoms with Crippen molar-refractivity contribution in [2.75, 3.05) is 12.0 Å². The Hall–Kier alpha value is -4.75. The van der Waals surface area contributed by atoms with E-state index >= 15 is 0 Å². The molecular weight excluding hydrogens is 530 g/mol. The summed E-state index contributed by atoms with van der Waals surface area (Å²) in [5.41, 5.74) is 3.35. The van der Waals surface area contributed by atoms with Crippen molar-refractivity contribution in [3.63, 3.8) is 0 Å². The van der Waals surface area contributed by atoms with Crippen molar-refractivity contribution in [3.8, 4) is 5.75 Å². The molecule has 200 valence electrons. The molecule has 1 atom stereocenters. The highest BCUT2D eigenvalue weighted by atomic mass is 35.5. The van der Waals surface area contributed by atoms with E-state index in [1.807, 2.05) is 19.9 Å². The number of esters is 1. The maximum Gasteiger partial charge on any atom is 0.343 e. The third-order valence-corrected chi connectivity index (χ3v) is 7.18. The van der Waals surface area contributed by atoms with Crippen LogP contribution in [0, 0.1) is 13.8 Å². The van der Waals surface area contributed by atoms with Crippen molar-refractivity contribution in [2.24, 2.45) is 0 Å². The molecule has 8 heteroatoms. The quantitative estimate of drug-likeness (QED) is 0.146. The molecular formula is C32H24ClNO6. The smallest absolute Gasteiger partial charge is 0.343 e. The Morgan fingerprint density at radius 3 is 2.02 bits per heavy atom. The number of hydrogen-bond donors (Lipinski definition) is 0. The third-order valence-electron chi connectivity index (χ3n) is 6.88. The summed E-state index contributed by atoms with van der Waals surface area (Å²) in [5, 5.41) is -0.0426. The first-order chi connectivity index (χ1) is 19.2. The van der Waals surface area contributed by atoms with Gasteiger partial charge >= 0.3 is 5.97 Å². The Morgan fingerprint density at radius 2 is 1.43 bits per heavy atom. The molecule has 2 amide bonds. The molecule has 0 aromatic heterocycles. The molecule has 0 saturated heterocycles. The van der Waals surface area contributed by atoms with E-state index in [1.165, 1.54) is 19.2 Å². The molecule has 1 aliphatic heterocycles. The molecule has 0 spiro atoms. The van der Waals surface area contributed by atoms with Gasteiger partial charge in [0.2, 0.25) is 5.78 Å². The minimum atomic E-state index is -1.24. The summed E-state index contributed by atoms with van der Waals surface area (Å²) >= 11 is 6.52. The number of aryl methyl sites for hydroxylation is 2. The van der Waals surface area contributed by atoms with Gasteiger partial charge in [0.25, 0.3) is 11.8 Å². The second kappa shape index (κ2) is 10.8. The van der Waals surface area contributed by atoms with E-state index in [0.29, 0.717) is 11.1 Å². The number of nitrogens with zero attached hydrogens (tertiary/aromatic N) is 1. The summed E-state index contributed by atoms with van der Waals surface area (Å²) < 4.78 is 11.2. The lowest BCUT2D eigenvalue weighted by atomic mass is 9.97. The van der Waals surface area contributed by atoms with Gasteiger partial charge < -0.3 is 9.47 Å². The standard InChI is InChI=1S/C32H24ClNO6/c1-18-13-14-21(15-19(18)2)28(35)29(20-9-5-4-6-10-20)40-32(38)24-16-25(33)26(17-27(24)39-3)34-30(36)22-11-7-8-12-23(22)31(34)37/h4-17,29H,1-3H3/t29-/m1/s1. The molecule has 5 rings (SSSR count). The fraction of sp³-hybridized carbons (Fsp3) is 0.125. The number of rotatable bonds is 7. The Kier molecular flexibility index (Phi) is 7.24. The molecule has 1 heterocycles. The number of methoxy groups -OCH3 is 1. The van der Waals surface area contributed by atoms with Gasteiger partial charge in [0, 0.05) is 17.2 Å². The predicted molar refractivity (Wildman–Crippen MR) is 150 cm³/mol. The summed E-state index contributed by atoms with van der Waals surface area (Å²) in [6.07, 6.45) is -1.24. The van der Waals surface area contributed by atoms with Crippen LogP contribution in [0.2, 0.25) is 5.02 Å². The van der Waals surface area contributed by atoms with Crippen LogP contribution in [0.25, 0.3) is 0 Å². The monoisotopic (exact) mass is 553 g/mol. The average Bonchev–Trinajstić information content (AvgIpc) is 3.22. The van der Waals surface area contributed by atoms with Crippen molar-refractivity contribution in [1.29, 1.82) is 0 Å². The van der Waals surface area contributed by atoms with Gasteiger partial charge in [-0.1, -0.05) is 66.2 Å². The van der Waals surface area contributed by atoms with Crippen molar-refractivity contribution >= 4 is 40.9 Å². The number of ether oxygens (including phenoxy) is 2. The molecule has 40 heavy (non-hydrogen) atoms. The number of ketones is 1. The molecule has 1 aliphatic rings. The Bertz CT molecular complexity index is 1650. The highest BCUT2D eigenvalue weighted by molar-refractivity contribution is 6.40. The summed E-state index contributed by atoms with van der Waals surface area (Å²) in [7, 11) is 1.33. The number of hydrogen-bond acceptors (Lipinski definition) is 6. The molecule has 4 aromatic carbocycles. The minimum absolute atomic E-state index is 0.0198. The molecule has 0 radical (unpaired) electrons. The maximum atomic E-state index is 13.6. The van der Waals surface area contributed by atoms with Gasteiger partial charge in [-0.2, -0.15) is 0 Å².